The van der Waals surface area contributed by atoms with Gasteiger partial charge in [0.15, 0.2) is 0 Å². The van der Waals surface area contributed by atoms with E-state index in [2.05, 4.69) is 6.42 Å². The number of carbonyl (C=O) groups is 1. The first kappa shape index (κ1) is 4.67. The molecule has 0 saturated carbocycles. The van der Waals surface area contributed by atoms with E-state index in [1.54, 1.807) is 6.92 Å². The van der Waals surface area contributed by atoms with Crippen molar-refractivity contribution >= 4 is 5.78 Å². The number of hydrogen-bond acceptors (Lipinski definition) is 1. The second kappa shape index (κ2) is 1.94. The molecule has 0 aromatic carbocycles. The molecule has 0 N–H and O–H groups in total. The van der Waals surface area contributed by atoms with Gasteiger partial charge in [-0.05, 0) is 6.92 Å². The van der Waals surface area contributed by atoms with Crippen molar-refractivity contribution in [2.45, 2.75) is 13.8 Å². The third kappa shape index (κ3) is 3.67. The van der Waals surface area contributed by atoms with E-state index in [0.29, 0.717) is 0 Å². The van der Waals surface area contributed by atoms with Crippen LogP contribution in [0.2, 0.25) is 0 Å². The first-order valence-electron chi connectivity index (χ1n) is 1.45. The summed E-state index contributed by atoms with van der Waals surface area (Å²) in [4.78, 5) is 9.70. The molecule has 1 nitrogen and oxygen atoms in total. The number of ketones is 1. The fraction of sp³-hybridized carbons (Fsp3) is 0.500. The molecule has 0 unspecified atom stereocenters. The van der Waals surface area contributed by atoms with Gasteiger partial charge in [0.2, 0.25) is 0 Å². The van der Waals surface area contributed by atoms with Gasteiger partial charge in [0.25, 0.3) is 0 Å². The van der Waals surface area contributed by atoms with Gasteiger partial charge in [-0.25, -0.2) is 0 Å². The number of rotatable bonds is 1. The van der Waals surface area contributed by atoms with Gasteiger partial charge in [0, 0.05) is 0 Å². The molecular formula is C4H6O. The zero-order valence-electron chi connectivity index (χ0n) is 3.41. The molecule has 1 heteroatoms. The van der Waals surface area contributed by atoms with Crippen LogP contribution in [0, 0.1) is 6.42 Å². The Morgan fingerprint density at radius 1 is 1.80 bits per heavy atom. The smallest absolute Gasteiger partial charge is 0.137 e. The molecule has 2 radical (unpaired) electrons. The van der Waals surface area contributed by atoms with E-state index in [0.717, 1.165) is 0 Å². The molecule has 0 amide bonds. The van der Waals surface area contributed by atoms with Gasteiger partial charge in [0.1, 0.15) is 5.78 Å². The first-order valence-corrected chi connectivity index (χ1v) is 1.45. The van der Waals surface area contributed by atoms with Gasteiger partial charge in [-0.3, -0.25) is 4.79 Å². The summed E-state index contributed by atoms with van der Waals surface area (Å²) in [5, 5.41) is 0. The van der Waals surface area contributed by atoms with Crippen LogP contribution >= 0.6 is 0 Å². The molecule has 0 aliphatic heterocycles. The van der Waals surface area contributed by atoms with Crippen molar-refractivity contribution in [3.63, 3.8) is 0 Å². The quantitative estimate of drug-likeness (QED) is 0.443. The molecule has 0 rings (SSSR count). The second-order valence-electron chi connectivity index (χ2n) is 0.806. The van der Waals surface area contributed by atoms with Gasteiger partial charge >= 0.3 is 0 Å². The summed E-state index contributed by atoms with van der Waals surface area (Å²) in [6.07, 6.45) is 2.39. The third-order valence-corrected chi connectivity index (χ3v) is 0.352. The summed E-state index contributed by atoms with van der Waals surface area (Å²) in [7, 11) is 0. The van der Waals surface area contributed by atoms with Crippen molar-refractivity contribution in [2.75, 3.05) is 0 Å². The Morgan fingerprint density at radius 2 is 2.00 bits per heavy atom. The normalized spacial score (nSPS) is 7.60. The highest BCUT2D eigenvalue weighted by molar-refractivity contribution is 5.83. The highest BCUT2D eigenvalue weighted by atomic mass is 16.1. The van der Waals surface area contributed by atoms with Crippen molar-refractivity contribution in [1.29, 1.82) is 0 Å². The minimum atomic E-state index is 0.00463. The summed E-state index contributed by atoms with van der Waals surface area (Å²) < 4.78 is 0. The number of hydrogen-bond donors (Lipinski definition) is 0. The van der Waals surface area contributed by atoms with E-state index in [-0.39, 0.29) is 5.78 Å². The van der Waals surface area contributed by atoms with Crippen LogP contribution in [0.4, 0.5) is 0 Å². The molecule has 0 spiro atoms. The maximum Gasteiger partial charge on any atom is 0.137 e. The molecule has 5 heavy (non-hydrogen) atoms. The van der Waals surface area contributed by atoms with Gasteiger partial charge in [0.05, 0.1) is 6.42 Å². The maximum atomic E-state index is 9.70. The van der Waals surface area contributed by atoms with Crippen LogP contribution in [0.1, 0.15) is 13.8 Å². The van der Waals surface area contributed by atoms with Crippen molar-refractivity contribution in [3.8, 4) is 0 Å². The molecule has 0 aromatic heterocycles. The molecule has 0 aromatic rings. The van der Waals surface area contributed by atoms with Crippen LogP contribution in [0.5, 0.6) is 0 Å². The molecule has 0 heterocycles. The van der Waals surface area contributed by atoms with E-state index in [4.69, 9.17) is 0 Å². The lowest BCUT2D eigenvalue weighted by molar-refractivity contribution is -0.113. The SMILES string of the molecule is C[C]C(C)=O. The lowest BCUT2D eigenvalue weighted by Crippen LogP contribution is -1.81. The van der Waals surface area contributed by atoms with Gasteiger partial charge in [-0.2, -0.15) is 0 Å². The lowest BCUT2D eigenvalue weighted by Gasteiger charge is -1.69. The molecule has 0 aliphatic rings. The molecular weight excluding hydrogens is 64.0 g/mol. The van der Waals surface area contributed by atoms with Crippen LogP contribution in [-0.4, -0.2) is 5.78 Å². The summed E-state index contributed by atoms with van der Waals surface area (Å²) in [5.74, 6) is 0.00463. The second-order valence-corrected chi connectivity index (χ2v) is 0.806. The number of Topliss-reactive ketones (excluding diaryl/α,β-unsaturated/α-hetero) is 1. The molecule has 0 fully saturated rings. The Balaban J connectivity index is 2.85. The largest absolute Gasteiger partial charge is 0.299 e. The van der Waals surface area contributed by atoms with E-state index in [1.807, 2.05) is 0 Å². The van der Waals surface area contributed by atoms with Crippen LogP contribution < -0.4 is 0 Å². The zero-order chi connectivity index (χ0) is 4.28. The van der Waals surface area contributed by atoms with Crippen molar-refractivity contribution < 1.29 is 4.79 Å². The Labute approximate surface area is 32.0 Å². The van der Waals surface area contributed by atoms with Gasteiger partial charge in [-0.1, -0.05) is 6.92 Å². The fourth-order valence-electron chi connectivity index (χ4n) is 0. The predicted octanol–water partition coefficient (Wildman–Crippen LogP) is 0.677. The van der Waals surface area contributed by atoms with Gasteiger partial charge in [-0.15, -0.1) is 0 Å². The van der Waals surface area contributed by atoms with Crippen LogP contribution in [0.15, 0.2) is 0 Å². The topological polar surface area (TPSA) is 17.1 Å². The maximum absolute atomic E-state index is 9.70. The average molecular weight is 70.1 g/mol. The lowest BCUT2D eigenvalue weighted by atomic mass is 10.4. The van der Waals surface area contributed by atoms with E-state index in [9.17, 15) is 4.79 Å². The Hall–Kier alpha value is -0.330. The van der Waals surface area contributed by atoms with Crippen molar-refractivity contribution in [3.05, 3.63) is 6.42 Å². The minimum Gasteiger partial charge on any atom is -0.299 e. The Bertz CT molecular complexity index is 38.9. The highest BCUT2D eigenvalue weighted by Gasteiger charge is 1.78. The van der Waals surface area contributed by atoms with Crippen LogP contribution in [0.3, 0.4) is 0 Å². The zero-order valence-corrected chi connectivity index (χ0v) is 3.41. The minimum absolute atomic E-state index is 0.00463. The average Bonchev–Trinajstić information content (AvgIpc) is 1.38. The van der Waals surface area contributed by atoms with Crippen molar-refractivity contribution in [2.24, 2.45) is 0 Å². The van der Waals surface area contributed by atoms with Crippen LogP contribution in [0.25, 0.3) is 0 Å². The van der Waals surface area contributed by atoms with Crippen molar-refractivity contribution in [1.82, 2.24) is 0 Å². The van der Waals surface area contributed by atoms with E-state index >= 15 is 0 Å². The monoisotopic (exact) mass is 70.0 g/mol. The summed E-state index contributed by atoms with van der Waals surface area (Å²) >= 11 is 0. The van der Waals surface area contributed by atoms with Crippen LogP contribution in [-0.2, 0) is 4.79 Å². The van der Waals surface area contributed by atoms with E-state index < -0.39 is 0 Å². The standard InChI is InChI=1S/C4H6O/c1-3-4(2)5/h1-2H3. The molecule has 0 atom stereocenters. The molecule has 28 valence electrons. The predicted molar refractivity (Wildman–Crippen MR) is 19.6 cm³/mol. The summed E-state index contributed by atoms with van der Waals surface area (Å²) in [6, 6.07) is 0. The highest BCUT2D eigenvalue weighted by Crippen LogP contribution is 1.69. The fourth-order valence-corrected chi connectivity index (χ4v) is 0. The first-order chi connectivity index (χ1) is 2.27. The Kier molecular flexibility index (Phi) is 1.81. The molecule has 0 aliphatic carbocycles. The summed E-state index contributed by atoms with van der Waals surface area (Å²) in [5.41, 5.74) is 0. The number of carbonyl (C=O) groups excluding carboxylic acids is 1. The molecule has 0 saturated heterocycles. The molecule has 0 bridgehead atoms. The van der Waals surface area contributed by atoms with E-state index in [1.165, 1.54) is 6.92 Å². The summed E-state index contributed by atoms with van der Waals surface area (Å²) in [6.45, 7) is 3.07. The third-order valence-electron chi connectivity index (χ3n) is 0.352. The Morgan fingerprint density at radius 3 is 2.00 bits per heavy atom. The van der Waals surface area contributed by atoms with Gasteiger partial charge < -0.3 is 0 Å².